The maximum absolute atomic E-state index is 14.7. The van der Waals surface area contributed by atoms with Crippen LogP contribution in [0.15, 0.2) is 114 Å². The lowest BCUT2D eigenvalue weighted by molar-refractivity contribution is 0.0357. The number of halogens is 3. The normalized spacial score (nSPS) is 15.2. The molecule has 3 aromatic heterocycles. The van der Waals surface area contributed by atoms with Gasteiger partial charge >= 0.3 is 0 Å². The van der Waals surface area contributed by atoms with Crippen LogP contribution in [0.4, 0.5) is 8.78 Å². The van der Waals surface area contributed by atoms with E-state index in [0.717, 1.165) is 74.3 Å². The van der Waals surface area contributed by atoms with Crippen molar-refractivity contribution in [1.82, 2.24) is 35.2 Å². The van der Waals surface area contributed by atoms with Crippen LogP contribution in [-0.2, 0) is 29.4 Å². The van der Waals surface area contributed by atoms with Crippen LogP contribution in [0.2, 0.25) is 5.02 Å². The van der Waals surface area contributed by atoms with E-state index in [1.807, 2.05) is 37.4 Å². The molecule has 1 aliphatic rings. The molecule has 0 saturated carbocycles. The molecule has 5 aromatic carbocycles. The quantitative estimate of drug-likeness (QED) is 0.0683. The van der Waals surface area contributed by atoms with Gasteiger partial charge in [0.1, 0.15) is 36.1 Å². The number of nitrogens with one attached hydrogen (secondary N) is 2. The van der Waals surface area contributed by atoms with E-state index in [0.29, 0.717) is 67.4 Å². The number of H-pyrrole nitrogens is 2. The third-order valence-electron chi connectivity index (χ3n) is 11.9. The fourth-order valence-corrected chi connectivity index (χ4v) is 9.20. The molecule has 0 bridgehead atoms. The van der Waals surface area contributed by atoms with Gasteiger partial charge in [0.25, 0.3) is 5.56 Å². The minimum atomic E-state index is -0.444. The number of ether oxygens (including phenoxy) is 3. The second-order valence-corrected chi connectivity index (χ2v) is 16.3. The minimum Gasteiger partial charge on any atom is -0.491 e. The van der Waals surface area contributed by atoms with E-state index < -0.39 is 11.4 Å². The van der Waals surface area contributed by atoms with E-state index in [2.05, 4.69) is 73.8 Å². The SMILES string of the molecule is CC/C(=C(/c1ccc(OCCOCCOCCCc2ccc([C@H]3Cc4cc(F)cc5c(=O)[nH]nc(c45)[C@@H]3c3ncnn3C)cc2)cc1)c1ccc2[nH]ncc2c1)c1ccc(F)cc1Cl. The molecule has 0 aliphatic heterocycles. The summed E-state index contributed by atoms with van der Waals surface area (Å²) in [5, 5.41) is 20.9. The smallest absolute Gasteiger partial charge is 0.272 e. The highest BCUT2D eigenvalue weighted by molar-refractivity contribution is 6.32. The van der Waals surface area contributed by atoms with Gasteiger partial charge in [0.05, 0.1) is 53.6 Å². The van der Waals surface area contributed by atoms with Crippen molar-refractivity contribution >= 4 is 44.4 Å². The van der Waals surface area contributed by atoms with Crippen molar-refractivity contribution in [1.29, 1.82) is 0 Å². The number of aromatic nitrogens is 7. The third-order valence-corrected chi connectivity index (χ3v) is 12.3. The van der Waals surface area contributed by atoms with E-state index in [1.54, 1.807) is 16.9 Å². The molecule has 9 rings (SSSR count). The molecule has 2 atom stereocenters. The van der Waals surface area contributed by atoms with Crippen LogP contribution in [0.25, 0.3) is 32.8 Å². The molecular weight excluding hydrogens is 836 g/mol. The first-order valence-corrected chi connectivity index (χ1v) is 21.8. The molecule has 0 radical (unpaired) electrons. The standard InChI is InChI=1S/C50H46ClF2N7O4/c1-3-39(40-16-13-36(52)27-43(40)51)45(33-12-17-44-35(23-33)28-55-57-44)32-10-14-38(15-11-32)64-22-21-63-20-19-62-18-4-5-30-6-8-31(9-7-30)41-25-34-24-37(53)26-42-46(34)48(58-59-50(42)61)47(41)49-54-29-56-60(49)2/h6-17,23-24,26-29,41,47H,3-5,18-22,25H2,1-2H3,(H,55,57)(H,59,61)/b45-39+/t41-,47-/m1/s1. The monoisotopic (exact) mass is 881 g/mol. The molecule has 1 aliphatic carbocycles. The van der Waals surface area contributed by atoms with Gasteiger partial charge in [-0.15, -0.1) is 0 Å². The zero-order valence-electron chi connectivity index (χ0n) is 35.4. The number of rotatable bonds is 17. The summed E-state index contributed by atoms with van der Waals surface area (Å²) in [5.74, 6) is 0.244. The Kier molecular flexibility index (Phi) is 12.7. The largest absolute Gasteiger partial charge is 0.491 e. The number of aryl methyl sites for hydroxylation is 2. The average molecular weight is 882 g/mol. The van der Waals surface area contributed by atoms with Gasteiger partial charge in [-0.2, -0.15) is 15.3 Å². The maximum atomic E-state index is 14.7. The van der Waals surface area contributed by atoms with Crippen molar-refractivity contribution in [3.8, 4) is 5.75 Å². The topological polar surface area (TPSA) is 133 Å². The molecule has 14 heteroatoms. The third kappa shape index (κ3) is 8.96. The van der Waals surface area contributed by atoms with Crippen LogP contribution in [-0.4, -0.2) is 68.2 Å². The Bertz CT molecular complexity index is 3020. The highest BCUT2D eigenvalue weighted by Gasteiger charge is 2.38. The predicted molar refractivity (Wildman–Crippen MR) is 244 cm³/mol. The first-order chi connectivity index (χ1) is 31.2. The van der Waals surface area contributed by atoms with Crippen molar-refractivity contribution in [3.63, 3.8) is 0 Å². The zero-order chi connectivity index (χ0) is 44.2. The Balaban J connectivity index is 0.745. The van der Waals surface area contributed by atoms with E-state index in [9.17, 15) is 13.6 Å². The highest BCUT2D eigenvalue weighted by Crippen LogP contribution is 2.46. The zero-order valence-corrected chi connectivity index (χ0v) is 36.2. The Hall–Kier alpha value is -6.54. The summed E-state index contributed by atoms with van der Waals surface area (Å²) >= 11 is 6.59. The Morgan fingerprint density at radius 1 is 0.859 bits per heavy atom. The second kappa shape index (κ2) is 19.1. The summed E-state index contributed by atoms with van der Waals surface area (Å²) in [4.78, 5) is 17.2. The lowest BCUT2D eigenvalue weighted by Crippen LogP contribution is -2.27. The fourth-order valence-electron chi connectivity index (χ4n) is 8.92. The van der Waals surface area contributed by atoms with Crippen LogP contribution in [0, 0.1) is 11.6 Å². The average Bonchev–Trinajstić information content (AvgIpc) is 3.96. The number of hydrogen-bond acceptors (Lipinski definition) is 8. The van der Waals surface area contributed by atoms with E-state index in [4.69, 9.17) is 25.8 Å². The Morgan fingerprint density at radius 2 is 1.64 bits per heavy atom. The van der Waals surface area contributed by atoms with Crippen molar-refractivity contribution in [2.45, 2.75) is 44.4 Å². The summed E-state index contributed by atoms with van der Waals surface area (Å²) in [5.41, 5.74) is 8.97. The number of fused-ring (bicyclic) bond motifs is 1. The fraction of sp³-hybridized carbons (Fsp3) is 0.260. The molecule has 11 nitrogen and oxygen atoms in total. The summed E-state index contributed by atoms with van der Waals surface area (Å²) in [6.07, 6.45) is 6.21. The van der Waals surface area contributed by atoms with Crippen LogP contribution in [0.1, 0.15) is 76.5 Å². The molecule has 0 amide bonds. The van der Waals surface area contributed by atoms with E-state index in [1.165, 1.54) is 36.2 Å². The van der Waals surface area contributed by atoms with Crippen molar-refractivity contribution in [2.24, 2.45) is 7.05 Å². The first-order valence-electron chi connectivity index (χ1n) is 21.4. The molecule has 0 spiro atoms. The lowest BCUT2D eigenvalue weighted by Gasteiger charge is -2.32. The van der Waals surface area contributed by atoms with Gasteiger partial charge in [-0.05, 0) is 119 Å². The van der Waals surface area contributed by atoms with Crippen LogP contribution in [0.5, 0.6) is 5.75 Å². The summed E-state index contributed by atoms with van der Waals surface area (Å²) in [6, 6.07) is 29.9. The maximum Gasteiger partial charge on any atom is 0.272 e. The minimum absolute atomic E-state index is 0.0949. The molecule has 0 fully saturated rings. The van der Waals surface area contributed by atoms with Gasteiger partial charge in [-0.1, -0.05) is 67.1 Å². The van der Waals surface area contributed by atoms with Gasteiger partial charge in [0.2, 0.25) is 0 Å². The second-order valence-electron chi connectivity index (χ2n) is 15.9. The Labute approximate surface area is 373 Å². The van der Waals surface area contributed by atoms with Gasteiger partial charge < -0.3 is 14.2 Å². The van der Waals surface area contributed by atoms with Crippen LogP contribution < -0.4 is 10.3 Å². The number of hydrogen-bond donors (Lipinski definition) is 2. The van der Waals surface area contributed by atoms with Crippen LogP contribution >= 0.6 is 11.6 Å². The molecule has 326 valence electrons. The molecular formula is C50H46ClF2N7O4. The number of benzene rings is 5. The molecule has 2 N–H and O–H groups in total. The molecule has 0 unspecified atom stereocenters. The first kappa shape index (κ1) is 42.7. The van der Waals surface area contributed by atoms with Gasteiger partial charge in [-0.3, -0.25) is 14.6 Å². The molecule has 0 saturated heterocycles. The summed E-state index contributed by atoms with van der Waals surface area (Å²) in [6.45, 7) is 4.40. The van der Waals surface area contributed by atoms with Gasteiger partial charge in [0.15, 0.2) is 0 Å². The molecule has 64 heavy (non-hydrogen) atoms. The number of nitrogens with zero attached hydrogens (tertiary/aromatic N) is 5. The summed E-state index contributed by atoms with van der Waals surface area (Å²) in [7, 11) is 1.84. The van der Waals surface area contributed by atoms with Crippen molar-refractivity contribution in [2.75, 3.05) is 33.0 Å². The predicted octanol–water partition coefficient (Wildman–Crippen LogP) is 9.75. The lowest BCUT2D eigenvalue weighted by atomic mass is 9.73. The van der Waals surface area contributed by atoms with Crippen LogP contribution in [0.3, 0.4) is 0 Å². The van der Waals surface area contributed by atoms with Gasteiger partial charge in [-0.25, -0.2) is 18.9 Å². The highest BCUT2D eigenvalue weighted by atomic mass is 35.5. The molecule has 8 aromatic rings. The summed E-state index contributed by atoms with van der Waals surface area (Å²) < 4.78 is 48.1. The van der Waals surface area contributed by atoms with Gasteiger partial charge in [0, 0.05) is 30.3 Å². The van der Waals surface area contributed by atoms with Crippen molar-refractivity contribution < 1.29 is 23.0 Å². The molecule has 3 heterocycles. The van der Waals surface area contributed by atoms with E-state index >= 15 is 0 Å². The van der Waals surface area contributed by atoms with E-state index in [-0.39, 0.29) is 17.7 Å². The number of allylic oxidation sites excluding steroid dienone is 1. The Morgan fingerprint density at radius 3 is 2.41 bits per heavy atom. The van der Waals surface area contributed by atoms with Crippen molar-refractivity contribution in [3.05, 3.63) is 181 Å². The number of aromatic amines is 2.